The number of amides is 1. The number of nitrogens with one attached hydrogen (secondary N) is 3. The van der Waals surface area contributed by atoms with Gasteiger partial charge in [0.2, 0.25) is 10.0 Å². The van der Waals surface area contributed by atoms with Crippen LogP contribution in [-0.2, 0) is 14.8 Å². The van der Waals surface area contributed by atoms with Crippen LogP contribution < -0.4 is 15.1 Å². The Balaban J connectivity index is 1.54. The lowest BCUT2D eigenvalue weighted by Gasteiger charge is -2.30. The van der Waals surface area contributed by atoms with Crippen LogP contribution in [0.5, 0.6) is 0 Å². The Bertz CT molecular complexity index is 752. The first kappa shape index (κ1) is 21.2. The maximum absolute atomic E-state index is 12.7. The molecule has 1 atom stereocenters. The van der Waals surface area contributed by atoms with Crippen LogP contribution in [0, 0.1) is 0 Å². The second-order valence-corrected chi connectivity index (χ2v) is 10.2. The molecule has 28 heavy (non-hydrogen) atoms. The normalized spacial score (nSPS) is 25.2. The van der Waals surface area contributed by atoms with E-state index in [-0.39, 0.29) is 5.91 Å². The molecule has 2 fully saturated rings. The van der Waals surface area contributed by atoms with E-state index in [1.54, 1.807) is 33.5 Å². The molecule has 3 N–H and O–H groups in total. The van der Waals surface area contributed by atoms with Gasteiger partial charge in [0.25, 0.3) is 5.91 Å². The van der Waals surface area contributed by atoms with Gasteiger partial charge in [-0.3, -0.25) is 4.79 Å². The van der Waals surface area contributed by atoms with Crippen molar-refractivity contribution in [2.24, 2.45) is 0 Å². The monoisotopic (exact) mass is 410 g/mol. The van der Waals surface area contributed by atoms with Crippen LogP contribution in [0.4, 0.5) is 5.69 Å². The van der Waals surface area contributed by atoms with Crippen molar-refractivity contribution in [3.63, 3.8) is 0 Å². The number of carbonyl (C=O) groups excluding carboxylic acids is 1. The average Bonchev–Trinajstić information content (AvgIpc) is 2.69. The zero-order valence-corrected chi connectivity index (χ0v) is 17.9. The second-order valence-electron chi connectivity index (χ2n) is 8.29. The second kappa shape index (κ2) is 9.35. The summed E-state index contributed by atoms with van der Waals surface area (Å²) in [7, 11) is 0.867. The maximum atomic E-state index is 12.7. The Morgan fingerprint density at radius 1 is 1.14 bits per heavy atom. The van der Waals surface area contributed by atoms with Gasteiger partial charge in [-0.2, -0.15) is 4.31 Å². The number of benzene rings is 1. The summed E-state index contributed by atoms with van der Waals surface area (Å²) in [4.78, 5) is 15.5. The lowest BCUT2D eigenvalue weighted by molar-refractivity contribution is -0.935. The molecule has 0 saturated carbocycles. The van der Waals surface area contributed by atoms with E-state index in [0.29, 0.717) is 36.3 Å². The summed E-state index contributed by atoms with van der Waals surface area (Å²) < 4.78 is 27.0. The van der Waals surface area contributed by atoms with Crippen LogP contribution in [0.3, 0.4) is 0 Å². The molecular formula is C20H34N4O3S+2. The van der Waals surface area contributed by atoms with Crippen molar-refractivity contribution in [2.45, 2.75) is 43.0 Å². The summed E-state index contributed by atoms with van der Waals surface area (Å²) in [5.74, 6) is -0.0320. The van der Waals surface area contributed by atoms with Crippen molar-refractivity contribution in [1.82, 2.24) is 4.31 Å². The maximum Gasteiger partial charge on any atom is 0.279 e. The number of quaternary nitrogens is 2. The Hall–Kier alpha value is -1.48. The van der Waals surface area contributed by atoms with E-state index < -0.39 is 10.0 Å². The van der Waals surface area contributed by atoms with Gasteiger partial charge in [-0.25, -0.2) is 8.42 Å². The first-order valence-electron chi connectivity index (χ1n) is 10.4. The van der Waals surface area contributed by atoms with E-state index in [2.05, 4.69) is 19.4 Å². The van der Waals surface area contributed by atoms with E-state index in [4.69, 9.17) is 0 Å². The lowest BCUT2D eigenvalue weighted by atomic mass is 10.0. The van der Waals surface area contributed by atoms with Crippen molar-refractivity contribution < 1.29 is 23.0 Å². The summed E-state index contributed by atoms with van der Waals surface area (Å²) in [6.07, 6.45) is 5.22. The zero-order chi connectivity index (χ0) is 20.1. The number of rotatable bonds is 6. The van der Waals surface area contributed by atoms with Crippen LogP contribution in [0.2, 0.25) is 0 Å². The fraction of sp³-hybridized carbons (Fsp3) is 0.650. The van der Waals surface area contributed by atoms with E-state index in [9.17, 15) is 13.2 Å². The number of sulfonamides is 1. The Morgan fingerprint density at radius 2 is 1.75 bits per heavy atom. The third-order valence-corrected chi connectivity index (χ3v) is 7.98. The predicted octanol–water partition coefficient (Wildman–Crippen LogP) is -1.01. The number of likely N-dealkylation sites (tertiary alicyclic amines) is 1. The molecule has 2 aliphatic rings. The molecule has 0 spiro atoms. The molecule has 3 rings (SSSR count). The van der Waals surface area contributed by atoms with Crippen LogP contribution in [0.15, 0.2) is 29.2 Å². The molecule has 2 aliphatic heterocycles. The Kier molecular flexibility index (Phi) is 7.09. The van der Waals surface area contributed by atoms with Gasteiger partial charge < -0.3 is 15.1 Å². The first-order valence-corrected chi connectivity index (χ1v) is 11.8. The summed E-state index contributed by atoms with van der Waals surface area (Å²) in [6, 6.07) is 7.09. The quantitative estimate of drug-likeness (QED) is 0.563. The van der Waals surface area contributed by atoms with Gasteiger partial charge in [-0.15, -0.1) is 0 Å². The predicted molar refractivity (Wildman–Crippen MR) is 109 cm³/mol. The number of hydrogen-bond donors (Lipinski definition) is 3. The Labute approximate surface area is 168 Å². The summed E-state index contributed by atoms with van der Waals surface area (Å²) in [6.45, 7) is 3.94. The summed E-state index contributed by atoms with van der Waals surface area (Å²) >= 11 is 0. The molecule has 7 nitrogen and oxygen atoms in total. The molecule has 0 radical (unpaired) electrons. The highest BCUT2D eigenvalue weighted by molar-refractivity contribution is 7.89. The van der Waals surface area contributed by atoms with Gasteiger partial charge in [-0.05, 0) is 37.1 Å². The largest absolute Gasteiger partial charge is 0.337 e. The number of likely N-dealkylation sites (N-methyl/N-ethyl adjacent to an activating group) is 1. The molecule has 1 amide bonds. The molecule has 0 aromatic heterocycles. The number of anilines is 1. The molecule has 1 unspecified atom stereocenters. The summed E-state index contributed by atoms with van der Waals surface area (Å²) in [5, 5.41) is 2.91. The van der Waals surface area contributed by atoms with Crippen molar-refractivity contribution in [3.05, 3.63) is 24.3 Å². The highest BCUT2D eigenvalue weighted by atomic mass is 32.2. The van der Waals surface area contributed by atoms with Crippen LogP contribution in [-0.4, -0.2) is 71.5 Å². The zero-order valence-electron chi connectivity index (χ0n) is 17.0. The molecule has 8 heteroatoms. The molecule has 156 valence electrons. The number of carbonyl (C=O) groups is 1. The van der Waals surface area contributed by atoms with Crippen LogP contribution in [0.25, 0.3) is 0 Å². The third-order valence-electron chi connectivity index (χ3n) is 6.07. The van der Waals surface area contributed by atoms with Crippen molar-refractivity contribution in [3.8, 4) is 0 Å². The minimum atomic E-state index is -3.43. The fourth-order valence-electron chi connectivity index (χ4n) is 4.17. The third kappa shape index (κ3) is 5.31. The number of piperidine rings is 2. The van der Waals surface area contributed by atoms with Gasteiger partial charge in [-0.1, -0.05) is 6.42 Å². The smallest absolute Gasteiger partial charge is 0.279 e. The topological polar surface area (TPSA) is 75.4 Å². The van der Waals surface area contributed by atoms with E-state index in [1.165, 1.54) is 4.90 Å². The minimum absolute atomic E-state index is 0.0320. The van der Waals surface area contributed by atoms with Crippen LogP contribution >= 0.6 is 0 Å². The van der Waals surface area contributed by atoms with Gasteiger partial charge in [0.05, 0.1) is 38.1 Å². The van der Waals surface area contributed by atoms with Gasteiger partial charge in [0.15, 0.2) is 6.54 Å². The number of hydrogen-bond acceptors (Lipinski definition) is 3. The SMILES string of the molecule is C[NH+]1CCC([NH+](C)CC(=O)Nc2ccc(S(=O)(=O)N3CCCCC3)cc2)CC1. The van der Waals surface area contributed by atoms with Crippen molar-refractivity contribution in [1.29, 1.82) is 0 Å². The molecule has 0 aliphatic carbocycles. The van der Waals surface area contributed by atoms with Crippen LogP contribution in [0.1, 0.15) is 32.1 Å². The average molecular weight is 411 g/mol. The standard InChI is InChI=1S/C20H32N4O3S/c1-22-14-10-18(11-15-22)23(2)16-20(25)21-17-6-8-19(9-7-17)28(26,27)24-12-4-3-5-13-24/h6-9,18H,3-5,10-16H2,1-2H3,(H,21,25)/p+2. The molecule has 2 heterocycles. The lowest BCUT2D eigenvalue weighted by Crippen LogP contribution is -3.18. The van der Waals surface area contributed by atoms with Crippen molar-refractivity contribution in [2.75, 3.05) is 52.1 Å². The van der Waals surface area contributed by atoms with Crippen molar-refractivity contribution >= 4 is 21.6 Å². The highest BCUT2D eigenvalue weighted by Gasteiger charge is 2.28. The minimum Gasteiger partial charge on any atom is -0.337 e. The Morgan fingerprint density at radius 3 is 2.36 bits per heavy atom. The molecule has 0 bridgehead atoms. The molecule has 1 aromatic carbocycles. The molecule has 2 saturated heterocycles. The molecular weight excluding hydrogens is 376 g/mol. The fourth-order valence-corrected chi connectivity index (χ4v) is 5.69. The van der Waals surface area contributed by atoms with E-state index in [1.807, 2.05) is 0 Å². The number of nitrogens with zero attached hydrogens (tertiary/aromatic N) is 1. The van der Waals surface area contributed by atoms with E-state index >= 15 is 0 Å². The molecule has 1 aromatic rings. The van der Waals surface area contributed by atoms with Gasteiger partial charge in [0.1, 0.15) is 0 Å². The highest BCUT2D eigenvalue weighted by Crippen LogP contribution is 2.21. The summed E-state index contributed by atoms with van der Waals surface area (Å²) in [5.41, 5.74) is 0.642. The van der Waals surface area contributed by atoms with E-state index in [0.717, 1.165) is 45.2 Å². The van der Waals surface area contributed by atoms with Gasteiger partial charge in [0, 0.05) is 31.6 Å². The first-order chi connectivity index (χ1) is 13.4. The van der Waals surface area contributed by atoms with Gasteiger partial charge >= 0.3 is 0 Å².